The smallest absolute Gasteiger partial charge is 0.250 e. The van der Waals surface area contributed by atoms with Gasteiger partial charge in [0, 0.05) is 0 Å². The van der Waals surface area contributed by atoms with Gasteiger partial charge < -0.3 is 15.0 Å². The van der Waals surface area contributed by atoms with Gasteiger partial charge in [0.2, 0.25) is 5.91 Å². The first kappa shape index (κ1) is 24.0. The van der Waals surface area contributed by atoms with Gasteiger partial charge in [0.25, 0.3) is 0 Å². The highest BCUT2D eigenvalue weighted by Gasteiger charge is 2.27. The summed E-state index contributed by atoms with van der Waals surface area (Å²) < 4.78 is 6.46. The van der Waals surface area contributed by atoms with E-state index in [4.69, 9.17) is 10.00 Å². The summed E-state index contributed by atoms with van der Waals surface area (Å²) >= 11 is 0. The molecule has 2 aromatic rings. The van der Waals surface area contributed by atoms with Gasteiger partial charge in [-0.25, -0.2) is 0 Å². The van der Waals surface area contributed by atoms with Gasteiger partial charge >= 0.3 is 0 Å². The molecule has 1 heterocycles. The third-order valence-corrected chi connectivity index (χ3v) is 6.15. The second-order valence-electron chi connectivity index (χ2n) is 9.17. The fourth-order valence-electron chi connectivity index (χ4n) is 4.32. The van der Waals surface area contributed by atoms with E-state index in [1.54, 1.807) is 0 Å². The van der Waals surface area contributed by atoms with E-state index >= 15 is 0 Å². The number of hydrogen-bond acceptors (Lipinski definition) is 4. The van der Waals surface area contributed by atoms with E-state index < -0.39 is 6.10 Å². The maximum atomic E-state index is 12.7. The molecular formula is C27H35N3O2. The molecule has 1 N–H and O–H groups in total. The fourth-order valence-corrected chi connectivity index (χ4v) is 4.32. The summed E-state index contributed by atoms with van der Waals surface area (Å²) in [6, 6.07) is 20.7. The lowest BCUT2D eigenvalue weighted by Crippen LogP contribution is -2.38. The zero-order valence-electron chi connectivity index (χ0n) is 19.5. The van der Waals surface area contributed by atoms with Crippen molar-refractivity contribution in [3.63, 3.8) is 0 Å². The van der Waals surface area contributed by atoms with Crippen molar-refractivity contribution in [3.05, 3.63) is 71.3 Å². The van der Waals surface area contributed by atoms with Crippen molar-refractivity contribution in [3.8, 4) is 6.07 Å². The van der Waals surface area contributed by atoms with Crippen molar-refractivity contribution in [1.29, 1.82) is 5.26 Å². The number of ether oxygens (including phenoxy) is 1. The van der Waals surface area contributed by atoms with Crippen LogP contribution in [0.5, 0.6) is 0 Å². The van der Waals surface area contributed by atoms with Crippen molar-refractivity contribution in [1.82, 2.24) is 10.2 Å². The Bertz CT molecular complexity index is 881. The summed E-state index contributed by atoms with van der Waals surface area (Å²) in [6.07, 6.45) is 1.99. The van der Waals surface area contributed by atoms with E-state index in [2.05, 4.69) is 55.4 Å². The van der Waals surface area contributed by atoms with Crippen molar-refractivity contribution in [2.24, 2.45) is 5.92 Å². The predicted octanol–water partition coefficient (Wildman–Crippen LogP) is 4.66. The van der Waals surface area contributed by atoms with Gasteiger partial charge in [-0.15, -0.1) is 0 Å². The van der Waals surface area contributed by atoms with Crippen LogP contribution >= 0.6 is 0 Å². The predicted molar refractivity (Wildman–Crippen MR) is 127 cm³/mol. The van der Waals surface area contributed by atoms with E-state index in [0.717, 1.165) is 24.2 Å². The van der Waals surface area contributed by atoms with Crippen molar-refractivity contribution in [2.75, 3.05) is 26.7 Å². The summed E-state index contributed by atoms with van der Waals surface area (Å²) in [5.74, 6) is 0.655. The van der Waals surface area contributed by atoms with Crippen LogP contribution in [0.3, 0.4) is 0 Å². The Morgan fingerprint density at radius 2 is 1.72 bits per heavy atom. The largest absolute Gasteiger partial charge is 0.356 e. The van der Waals surface area contributed by atoms with Crippen LogP contribution in [0.2, 0.25) is 0 Å². The van der Waals surface area contributed by atoms with Crippen LogP contribution in [0.4, 0.5) is 0 Å². The SMILES string of the molecule is CC(C)C[C@H](O[C@H](c1ccccc1)c1ccc(C2CCN(C)CC2)cc1)C(=O)NCC#N. The average molecular weight is 434 g/mol. The maximum Gasteiger partial charge on any atom is 0.250 e. The van der Waals surface area contributed by atoms with Crippen LogP contribution in [0.1, 0.15) is 61.8 Å². The molecule has 170 valence electrons. The number of nitrogens with zero attached hydrogens (tertiary/aromatic N) is 2. The molecule has 1 aliphatic rings. The Balaban J connectivity index is 1.84. The number of benzene rings is 2. The number of hydrogen-bond donors (Lipinski definition) is 1. The van der Waals surface area contributed by atoms with E-state index in [9.17, 15) is 4.79 Å². The second kappa shape index (κ2) is 11.8. The zero-order valence-corrected chi connectivity index (χ0v) is 19.5. The zero-order chi connectivity index (χ0) is 22.9. The number of rotatable bonds is 9. The number of nitriles is 1. The van der Waals surface area contributed by atoms with Crippen LogP contribution in [0.25, 0.3) is 0 Å². The number of carbonyl (C=O) groups is 1. The molecule has 0 bridgehead atoms. The van der Waals surface area contributed by atoms with Gasteiger partial charge in [-0.3, -0.25) is 4.79 Å². The molecule has 1 saturated heterocycles. The molecule has 0 spiro atoms. The quantitative estimate of drug-likeness (QED) is 0.584. The third kappa shape index (κ3) is 6.66. The molecule has 0 radical (unpaired) electrons. The molecular weight excluding hydrogens is 398 g/mol. The van der Waals surface area contributed by atoms with E-state index in [0.29, 0.717) is 12.3 Å². The molecule has 0 unspecified atom stereocenters. The maximum absolute atomic E-state index is 12.7. The van der Waals surface area contributed by atoms with E-state index in [-0.39, 0.29) is 24.5 Å². The molecule has 5 nitrogen and oxygen atoms in total. The molecule has 2 atom stereocenters. The van der Waals surface area contributed by atoms with Gasteiger partial charge in [0.1, 0.15) is 18.8 Å². The minimum absolute atomic E-state index is 0.0158. The highest BCUT2D eigenvalue weighted by atomic mass is 16.5. The summed E-state index contributed by atoms with van der Waals surface area (Å²) in [4.78, 5) is 15.1. The van der Waals surface area contributed by atoms with Gasteiger partial charge in [-0.1, -0.05) is 68.4 Å². The normalized spacial score (nSPS) is 17.0. The first-order valence-corrected chi connectivity index (χ1v) is 11.6. The molecule has 32 heavy (non-hydrogen) atoms. The van der Waals surface area contributed by atoms with Crippen LogP contribution in [0, 0.1) is 17.2 Å². The lowest BCUT2D eigenvalue weighted by molar-refractivity contribution is -0.136. The molecule has 1 amide bonds. The molecule has 1 aliphatic heterocycles. The third-order valence-electron chi connectivity index (χ3n) is 6.15. The van der Waals surface area contributed by atoms with Crippen LogP contribution in [0.15, 0.2) is 54.6 Å². The Morgan fingerprint density at radius 3 is 2.31 bits per heavy atom. The summed E-state index contributed by atoms with van der Waals surface area (Å²) in [7, 11) is 2.18. The Hall–Kier alpha value is -2.68. The fraction of sp³-hybridized carbons (Fsp3) is 0.481. The number of likely N-dealkylation sites (tertiary alicyclic amines) is 1. The second-order valence-corrected chi connectivity index (χ2v) is 9.17. The number of piperidine rings is 1. The Kier molecular flexibility index (Phi) is 8.84. The van der Waals surface area contributed by atoms with Crippen LogP contribution < -0.4 is 5.32 Å². The topological polar surface area (TPSA) is 65.4 Å². The average Bonchev–Trinajstić information content (AvgIpc) is 2.81. The minimum Gasteiger partial charge on any atom is -0.356 e. The van der Waals surface area contributed by atoms with E-state index in [1.807, 2.05) is 36.4 Å². The standard InChI is InChI=1S/C27H35N3O2/c1-20(2)19-25(27(31)29-16-15-28)32-26(23-7-5-4-6-8-23)24-11-9-21(10-12-24)22-13-17-30(3)18-14-22/h4-12,20,22,25-26H,13-14,16-19H2,1-3H3,(H,29,31)/t25-,26+/m0/s1. The molecule has 2 aromatic carbocycles. The molecule has 0 aliphatic carbocycles. The summed E-state index contributed by atoms with van der Waals surface area (Å²) in [5, 5.41) is 11.5. The molecule has 3 rings (SSSR count). The Labute approximate surface area is 192 Å². The molecule has 5 heteroatoms. The first-order valence-electron chi connectivity index (χ1n) is 11.6. The van der Waals surface area contributed by atoms with Gasteiger partial charge in [0.05, 0.1) is 6.07 Å². The van der Waals surface area contributed by atoms with Gasteiger partial charge in [0.15, 0.2) is 0 Å². The van der Waals surface area contributed by atoms with Crippen molar-refractivity contribution < 1.29 is 9.53 Å². The van der Waals surface area contributed by atoms with E-state index in [1.165, 1.54) is 18.4 Å². The number of nitrogens with one attached hydrogen (secondary N) is 1. The summed E-state index contributed by atoms with van der Waals surface area (Å²) in [6.45, 7) is 6.40. The van der Waals surface area contributed by atoms with Crippen molar-refractivity contribution in [2.45, 2.75) is 51.2 Å². The number of amides is 1. The monoisotopic (exact) mass is 433 g/mol. The highest BCUT2D eigenvalue weighted by molar-refractivity contribution is 5.81. The Morgan fingerprint density at radius 1 is 1.09 bits per heavy atom. The highest BCUT2D eigenvalue weighted by Crippen LogP contribution is 2.32. The molecule has 0 aromatic heterocycles. The number of carbonyl (C=O) groups excluding carboxylic acids is 1. The van der Waals surface area contributed by atoms with Crippen molar-refractivity contribution >= 4 is 5.91 Å². The summed E-state index contributed by atoms with van der Waals surface area (Å²) in [5.41, 5.74) is 3.43. The first-order chi connectivity index (χ1) is 15.5. The minimum atomic E-state index is -0.623. The molecule has 0 saturated carbocycles. The van der Waals surface area contributed by atoms with Crippen LogP contribution in [-0.2, 0) is 9.53 Å². The van der Waals surface area contributed by atoms with Gasteiger partial charge in [-0.2, -0.15) is 5.26 Å². The van der Waals surface area contributed by atoms with Crippen LogP contribution in [-0.4, -0.2) is 43.6 Å². The lowest BCUT2D eigenvalue weighted by Gasteiger charge is -2.30. The lowest BCUT2D eigenvalue weighted by atomic mass is 9.88. The van der Waals surface area contributed by atoms with Gasteiger partial charge in [-0.05, 0) is 67.9 Å². The molecule has 1 fully saturated rings.